The molecule has 0 radical (unpaired) electrons. The summed E-state index contributed by atoms with van der Waals surface area (Å²) in [4.78, 5) is 0. The maximum Gasteiger partial charge on any atom is 0.119 e. The normalized spacial score (nSPS) is 19.7. The standard InChI is InChI=1S/C10H12O2/c1-11-8-4-3-7-5-10(12-2)9(7)6-8/h3-4,6,10H,5H2,1-2H3. The van der Waals surface area contributed by atoms with Crippen molar-refractivity contribution in [1.29, 1.82) is 0 Å². The lowest BCUT2D eigenvalue weighted by Gasteiger charge is -2.28. The fourth-order valence-corrected chi connectivity index (χ4v) is 1.57. The molecule has 2 heteroatoms. The summed E-state index contributed by atoms with van der Waals surface area (Å²) in [5.74, 6) is 0.913. The molecule has 1 aliphatic carbocycles. The molecule has 0 aliphatic heterocycles. The van der Waals surface area contributed by atoms with Crippen LogP contribution in [0.25, 0.3) is 0 Å². The molecule has 2 rings (SSSR count). The first-order valence-corrected chi connectivity index (χ1v) is 4.04. The van der Waals surface area contributed by atoms with Crippen molar-refractivity contribution in [2.75, 3.05) is 14.2 Å². The van der Waals surface area contributed by atoms with Gasteiger partial charge in [-0.25, -0.2) is 0 Å². The van der Waals surface area contributed by atoms with Gasteiger partial charge in [-0.15, -0.1) is 0 Å². The van der Waals surface area contributed by atoms with Gasteiger partial charge in [0.25, 0.3) is 0 Å². The van der Waals surface area contributed by atoms with E-state index >= 15 is 0 Å². The Hall–Kier alpha value is -1.02. The summed E-state index contributed by atoms with van der Waals surface area (Å²) in [6.07, 6.45) is 1.32. The molecule has 0 fully saturated rings. The first kappa shape index (κ1) is 7.62. The van der Waals surface area contributed by atoms with Crippen LogP contribution in [0, 0.1) is 0 Å². The predicted octanol–water partition coefficient (Wildman–Crippen LogP) is 1.94. The molecule has 0 heterocycles. The van der Waals surface area contributed by atoms with Gasteiger partial charge in [0.2, 0.25) is 0 Å². The Balaban J connectivity index is 2.31. The zero-order chi connectivity index (χ0) is 8.55. The van der Waals surface area contributed by atoms with E-state index in [1.165, 1.54) is 11.1 Å². The van der Waals surface area contributed by atoms with Crippen molar-refractivity contribution < 1.29 is 9.47 Å². The number of ether oxygens (including phenoxy) is 2. The molecule has 0 saturated carbocycles. The van der Waals surface area contributed by atoms with Gasteiger partial charge in [-0.1, -0.05) is 6.07 Å². The maximum atomic E-state index is 5.26. The van der Waals surface area contributed by atoms with Crippen molar-refractivity contribution in [3.63, 3.8) is 0 Å². The van der Waals surface area contributed by atoms with Crippen molar-refractivity contribution in [2.45, 2.75) is 12.5 Å². The number of fused-ring (bicyclic) bond motifs is 1. The molecule has 2 nitrogen and oxygen atoms in total. The van der Waals surface area contributed by atoms with Gasteiger partial charge in [0, 0.05) is 13.5 Å². The molecule has 1 atom stereocenters. The van der Waals surface area contributed by atoms with Gasteiger partial charge >= 0.3 is 0 Å². The molecule has 1 aromatic rings. The highest BCUT2D eigenvalue weighted by molar-refractivity contribution is 5.43. The van der Waals surface area contributed by atoms with E-state index in [4.69, 9.17) is 9.47 Å². The third kappa shape index (κ3) is 0.994. The second kappa shape index (κ2) is 2.79. The number of methoxy groups -OCH3 is 2. The lowest BCUT2D eigenvalue weighted by atomic mass is 9.85. The van der Waals surface area contributed by atoms with E-state index in [9.17, 15) is 0 Å². The molecule has 0 saturated heterocycles. The van der Waals surface area contributed by atoms with E-state index in [2.05, 4.69) is 6.07 Å². The summed E-state index contributed by atoms with van der Waals surface area (Å²) >= 11 is 0. The molecule has 1 unspecified atom stereocenters. The molecule has 1 aliphatic rings. The van der Waals surface area contributed by atoms with Gasteiger partial charge in [-0.3, -0.25) is 0 Å². The van der Waals surface area contributed by atoms with Crippen LogP contribution in [0.3, 0.4) is 0 Å². The molecule has 0 spiro atoms. The lowest BCUT2D eigenvalue weighted by Crippen LogP contribution is -2.18. The Kier molecular flexibility index (Phi) is 1.77. The number of benzene rings is 1. The van der Waals surface area contributed by atoms with E-state index in [0.29, 0.717) is 0 Å². The summed E-state index contributed by atoms with van der Waals surface area (Å²) in [6.45, 7) is 0. The van der Waals surface area contributed by atoms with Crippen molar-refractivity contribution in [3.8, 4) is 5.75 Å². The summed E-state index contributed by atoms with van der Waals surface area (Å²) < 4.78 is 10.4. The number of rotatable bonds is 2. The van der Waals surface area contributed by atoms with Crippen LogP contribution in [-0.2, 0) is 11.2 Å². The van der Waals surface area contributed by atoms with Crippen molar-refractivity contribution in [2.24, 2.45) is 0 Å². The van der Waals surface area contributed by atoms with Gasteiger partial charge in [0.15, 0.2) is 0 Å². The molecule has 64 valence electrons. The SMILES string of the molecule is COc1ccc2c(c1)C(OC)C2. The average Bonchev–Trinajstić information content (AvgIpc) is 2.08. The molecule has 0 N–H and O–H groups in total. The van der Waals surface area contributed by atoms with Gasteiger partial charge < -0.3 is 9.47 Å². The van der Waals surface area contributed by atoms with Gasteiger partial charge in [0.1, 0.15) is 5.75 Å². The molecule has 0 amide bonds. The summed E-state index contributed by atoms with van der Waals surface area (Å²) in [6, 6.07) is 6.14. The second-order valence-electron chi connectivity index (χ2n) is 2.99. The van der Waals surface area contributed by atoms with E-state index in [1.807, 2.05) is 12.1 Å². The van der Waals surface area contributed by atoms with Crippen LogP contribution in [-0.4, -0.2) is 14.2 Å². The highest BCUT2D eigenvalue weighted by Crippen LogP contribution is 2.37. The fourth-order valence-electron chi connectivity index (χ4n) is 1.57. The average molecular weight is 164 g/mol. The van der Waals surface area contributed by atoms with Crippen LogP contribution in [0.4, 0.5) is 0 Å². The van der Waals surface area contributed by atoms with E-state index in [0.717, 1.165) is 12.2 Å². The molecular weight excluding hydrogens is 152 g/mol. The van der Waals surface area contributed by atoms with Crippen LogP contribution in [0.1, 0.15) is 17.2 Å². The van der Waals surface area contributed by atoms with Gasteiger partial charge in [-0.2, -0.15) is 0 Å². The Labute approximate surface area is 72.1 Å². The number of hydrogen-bond acceptors (Lipinski definition) is 2. The van der Waals surface area contributed by atoms with Crippen LogP contribution < -0.4 is 4.74 Å². The zero-order valence-corrected chi connectivity index (χ0v) is 7.33. The van der Waals surface area contributed by atoms with Crippen molar-refractivity contribution >= 4 is 0 Å². The highest BCUT2D eigenvalue weighted by Gasteiger charge is 2.25. The predicted molar refractivity (Wildman–Crippen MR) is 46.4 cm³/mol. The number of hydrogen-bond donors (Lipinski definition) is 0. The highest BCUT2D eigenvalue weighted by atomic mass is 16.5. The van der Waals surface area contributed by atoms with Crippen LogP contribution in [0.5, 0.6) is 5.75 Å². The molecule has 0 aromatic heterocycles. The minimum atomic E-state index is 0.287. The minimum Gasteiger partial charge on any atom is -0.497 e. The van der Waals surface area contributed by atoms with E-state index in [-0.39, 0.29) is 6.10 Å². The molecular formula is C10H12O2. The lowest BCUT2D eigenvalue weighted by molar-refractivity contribution is 0.0842. The quantitative estimate of drug-likeness (QED) is 0.665. The van der Waals surface area contributed by atoms with Crippen molar-refractivity contribution in [3.05, 3.63) is 29.3 Å². The van der Waals surface area contributed by atoms with Gasteiger partial charge in [0.05, 0.1) is 13.2 Å². The van der Waals surface area contributed by atoms with E-state index < -0.39 is 0 Å². The largest absolute Gasteiger partial charge is 0.497 e. The summed E-state index contributed by atoms with van der Waals surface area (Å²) in [5.41, 5.74) is 2.65. The summed E-state index contributed by atoms with van der Waals surface area (Å²) in [7, 11) is 3.43. The van der Waals surface area contributed by atoms with Crippen LogP contribution >= 0.6 is 0 Å². The first-order valence-electron chi connectivity index (χ1n) is 4.04. The summed E-state index contributed by atoms with van der Waals surface area (Å²) in [5, 5.41) is 0. The van der Waals surface area contributed by atoms with Crippen molar-refractivity contribution in [1.82, 2.24) is 0 Å². The third-order valence-electron chi connectivity index (χ3n) is 2.39. The maximum absolute atomic E-state index is 5.26. The molecule has 12 heavy (non-hydrogen) atoms. The Bertz CT molecular complexity index is 294. The molecule has 1 aromatic carbocycles. The fraction of sp³-hybridized carbons (Fsp3) is 0.400. The third-order valence-corrected chi connectivity index (χ3v) is 2.39. The smallest absolute Gasteiger partial charge is 0.119 e. The van der Waals surface area contributed by atoms with Crippen LogP contribution in [0.2, 0.25) is 0 Å². The van der Waals surface area contributed by atoms with Gasteiger partial charge in [-0.05, 0) is 23.3 Å². The minimum absolute atomic E-state index is 0.287. The monoisotopic (exact) mass is 164 g/mol. The second-order valence-corrected chi connectivity index (χ2v) is 2.99. The first-order chi connectivity index (χ1) is 5.85. The molecule has 0 bridgehead atoms. The zero-order valence-electron chi connectivity index (χ0n) is 7.33. The Morgan fingerprint density at radius 3 is 2.83 bits per heavy atom. The van der Waals surface area contributed by atoms with E-state index in [1.54, 1.807) is 14.2 Å². The topological polar surface area (TPSA) is 18.5 Å². The Morgan fingerprint density at radius 2 is 2.17 bits per heavy atom. The Morgan fingerprint density at radius 1 is 1.33 bits per heavy atom. The van der Waals surface area contributed by atoms with Crippen LogP contribution in [0.15, 0.2) is 18.2 Å².